The Morgan fingerprint density at radius 2 is 1.84 bits per heavy atom. The molecule has 0 spiro atoms. The van der Waals surface area contributed by atoms with Gasteiger partial charge in [-0.3, -0.25) is 0 Å². The molecule has 3 nitrogen and oxygen atoms in total. The molecule has 5 heteroatoms. The summed E-state index contributed by atoms with van der Waals surface area (Å²) in [5.41, 5.74) is 6.74. The van der Waals surface area contributed by atoms with E-state index in [0.717, 1.165) is 15.9 Å². The second kappa shape index (κ2) is 4.85. The van der Waals surface area contributed by atoms with Gasteiger partial charge in [-0.05, 0) is 18.2 Å². The number of nitrogen functional groups attached to an aromatic ring is 1. The maximum Gasteiger partial charge on any atom is 0.147 e. The molecular formula is C14H10FN3S. The summed E-state index contributed by atoms with van der Waals surface area (Å²) < 4.78 is 13.4. The maximum atomic E-state index is 13.4. The van der Waals surface area contributed by atoms with Crippen LogP contribution in [0.1, 0.15) is 0 Å². The molecule has 0 unspecified atom stereocenters. The van der Waals surface area contributed by atoms with Crippen molar-refractivity contribution < 1.29 is 4.39 Å². The van der Waals surface area contributed by atoms with Crippen LogP contribution >= 0.6 is 11.8 Å². The van der Waals surface area contributed by atoms with E-state index < -0.39 is 5.82 Å². The van der Waals surface area contributed by atoms with Gasteiger partial charge >= 0.3 is 0 Å². The zero-order chi connectivity index (χ0) is 13.2. The van der Waals surface area contributed by atoms with Crippen LogP contribution in [0.5, 0.6) is 0 Å². The lowest BCUT2D eigenvalue weighted by molar-refractivity contribution is 0.629. The standard InChI is InChI=1S/C14H10FN3S/c15-10-5-3-7-12(13(10)16)19-14-9-4-1-2-6-11(9)17-8-18-14/h1-8H,16H2. The molecule has 0 aliphatic heterocycles. The molecule has 3 aromatic rings. The molecule has 0 fully saturated rings. The Hall–Kier alpha value is -2.14. The number of nitrogens with zero attached hydrogens (tertiary/aromatic N) is 2. The van der Waals surface area contributed by atoms with Crippen LogP contribution in [-0.4, -0.2) is 9.97 Å². The van der Waals surface area contributed by atoms with Gasteiger partial charge < -0.3 is 5.73 Å². The second-order valence-corrected chi connectivity index (χ2v) is 4.98. The lowest BCUT2D eigenvalue weighted by Crippen LogP contribution is -1.93. The second-order valence-electron chi connectivity index (χ2n) is 3.95. The highest BCUT2D eigenvalue weighted by atomic mass is 32.2. The minimum Gasteiger partial charge on any atom is -0.395 e. The molecule has 0 saturated carbocycles. The molecule has 0 aliphatic carbocycles. The van der Waals surface area contributed by atoms with Crippen LogP contribution in [0, 0.1) is 5.82 Å². The van der Waals surface area contributed by atoms with Crippen molar-refractivity contribution >= 4 is 28.4 Å². The minimum atomic E-state index is -0.414. The average molecular weight is 271 g/mol. The van der Waals surface area contributed by atoms with Gasteiger partial charge in [0.1, 0.15) is 17.2 Å². The first-order valence-corrected chi connectivity index (χ1v) is 6.49. The van der Waals surface area contributed by atoms with Crippen molar-refractivity contribution in [2.24, 2.45) is 0 Å². The summed E-state index contributed by atoms with van der Waals surface area (Å²) in [7, 11) is 0. The number of anilines is 1. The van der Waals surface area contributed by atoms with Gasteiger partial charge in [-0.15, -0.1) is 0 Å². The van der Waals surface area contributed by atoms with Gasteiger partial charge in [0.15, 0.2) is 0 Å². The monoisotopic (exact) mass is 271 g/mol. The fraction of sp³-hybridized carbons (Fsp3) is 0. The number of hydrogen-bond donors (Lipinski definition) is 1. The number of rotatable bonds is 2. The van der Waals surface area contributed by atoms with Crippen LogP contribution in [-0.2, 0) is 0 Å². The van der Waals surface area contributed by atoms with E-state index in [9.17, 15) is 4.39 Å². The van der Waals surface area contributed by atoms with E-state index in [0.29, 0.717) is 4.90 Å². The predicted octanol–water partition coefficient (Wildman–Crippen LogP) is 3.50. The molecule has 1 aromatic heterocycles. The quantitative estimate of drug-likeness (QED) is 0.572. The van der Waals surface area contributed by atoms with Gasteiger partial charge in [-0.25, -0.2) is 14.4 Å². The van der Waals surface area contributed by atoms with E-state index in [2.05, 4.69) is 9.97 Å². The highest BCUT2D eigenvalue weighted by molar-refractivity contribution is 7.99. The fourth-order valence-corrected chi connectivity index (χ4v) is 2.72. The van der Waals surface area contributed by atoms with Crippen molar-refractivity contribution in [3.8, 4) is 0 Å². The first-order chi connectivity index (χ1) is 9.25. The van der Waals surface area contributed by atoms with E-state index in [-0.39, 0.29) is 5.69 Å². The third kappa shape index (κ3) is 2.24. The number of fused-ring (bicyclic) bond motifs is 1. The van der Waals surface area contributed by atoms with Crippen molar-refractivity contribution in [1.29, 1.82) is 0 Å². The molecular weight excluding hydrogens is 261 g/mol. The molecule has 0 saturated heterocycles. The van der Waals surface area contributed by atoms with E-state index in [1.54, 1.807) is 12.1 Å². The van der Waals surface area contributed by atoms with Crippen molar-refractivity contribution in [2.45, 2.75) is 9.92 Å². The molecule has 1 heterocycles. The van der Waals surface area contributed by atoms with Gasteiger partial charge in [0.05, 0.1) is 11.2 Å². The van der Waals surface area contributed by atoms with Crippen molar-refractivity contribution in [2.75, 3.05) is 5.73 Å². The van der Waals surface area contributed by atoms with Gasteiger partial charge in [0.2, 0.25) is 0 Å². The molecule has 0 radical (unpaired) electrons. The first kappa shape index (κ1) is 11.9. The molecule has 94 valence electrons. The molecule has 0 bridgehead atoms. The summed E-state index contributed by atoms with van der Waals surface area (Å²) in [5, 5.41) is 1.70. The van der Waals surface area contributed by atoms with Crippen LogP contribution in [0.3, 0.4) is 0 Å². The van der Waals surface area contributed by atoms with E-state index in [1.165, 1.54) is 24.2 Å². The summed E-state index contributed by atoms with van der Waals surface area (Å²) >= 11 is 1.34. The lowest BCUT2D eigenvalue weighted by Gasteiger charge is -2.07. The summed E-state index contributed by atoms with van der Waals surface area (Å²) in [6, 6.07) is 12.4. The van der Waals surface area contributed by atoms with E-state index in [4.69, 9.17) is 5.73 Å². The van der Waals surface area contributed by atoms with Crippen LogP contribution in [0.25, 0.3) is 10.9 Å². The number of nitrogens with two attached hydrogens (primary N) is 1. The Bertz CT molecular complexity index is 740. The Kier molecular flexibility index (Phi) is 3.05. The van der Waals surface area contributed by atoms with E-state index >= 15 is 0 Å². The summed E-state index contributed by atoms with van der Waals surface area (Å²) in [5.74, 6) is -0.414. The average Bonchev–Trinajstić information content (AvgIpc) is 2.44. The molecule has 2 aromatic carbocycles. The number of para-hydroxylation sites is 2. The van der Waals surface area contributed by atoms with Gasteiger partial charge in [0, 0.05) is 10.3 Å². The Balaban J connectivity index is 2.09. The lowest BCUT2D eigenvalue weighted by atomic mass is 10.2. The summed E-state index contributed by atoms with van der Waals surface area (Å²) in [4.78, 5) is 9.10. The number of hydrogen-bond acceptors (Lipinski definition) is 4. The first-order valence-electron chi connectivity index (χ1n) is 5.67. The third-order valence-electron chi connectivity index (χ3n) is 2.73. The topological polar surface area (TPSA) is 51.8 Å². The summed E-state index contributed by atoms with van der Waals surface area (Å²) in [6.45, 7) is 0. The summed E-state index contributed by atoms with van der Waals surface area (Å²) in [6.07, 6.45) is 1.50. The van der Waals surface area contributed by atoms with Crippen LogP contribution in [0.2, 0.25) is 0 Å². The van der Waals surface area contributed by atoms with Gasteiger partial charge in [-0.2, -0.15) is 0 Å². The number of aromatic nitrogens is 2. The van der Waals surface area contributed by atoms with Crippen LogP contribution in [0.15, 0.2) is 58.7 Å². The normalized spacial score (nSPS) is 10.8. The smallest absolute Gasteiger partial charge is 0.147 e. The minimum absolute atomic E-state index is 0.148. The molecule has 3 rings (SSSR count). The van der Waals surface area contributed by atoms with Crippen molar-refractivity contribution in [3.63, 3.8) is 0 Å². The largest absolute Gasteiger partial charge is 0.395 e. The molecule has 2 N–H and O–H groups in total. The van der Waals surface area contributed by atoms with Crippen molar-refractivity contribution in [1.82, 2.24) is 9.97 Å². The van der Waals surface area contributed by atoms with Crippen LogP contribution in [0.4, 0.5) is 10.1 Å². The highest BCUT2D eigenvalue weighted by Crippen LogP contribution is 2.35. The number of benzene rings is 2. The molecule has 0 amide bonds. The SMILES string of the molecule is Nc1c(F)cccc1Sc1ncnc2ccccc12. The van der Waals surface area contributed by atoms with E-state index in [1.807, 2.05) is 24.3 Å². The Morgan fingerprint density at radius 1 is 1.00 bits per heavy atom. The predicted molar refractivity (Wildman–Crippen MR) is 74.5 cm³/mol. The zero-order valence-electron chi connectivity index (χ0n) is 9.88. The zero-order valence-corrected chi connectivity index (χ0v) is 10.7. The maximum absolute atomic E-state index is 13.4. The van der Waals surface area contributed by atoms with Crippen molar-refractivity contribution in [3.05, 3.63) is 54.6 Å². The molecule has 0 atom stereocenters. The molecule has 0 aliphatic rings. The fourth-order valence-electron chi connectivity index (χ4n) is 1.77. The van der Waals surface area contributed by atoms with Crippen LogP contribution < -0.4 is 5.73 Å². The Labute approximate surface area is 113 Å². The number of halogens is 1. The Morgan fingerprint density at radius 3 is 2.74 bits per heavy atom. The third-order valence-corrected chi connectivity index (χ3v) is 3.82. The van der Waals surface area contributed by atoms with Gasteiger partial charge in [0.25, 0.3) is 0 Å². The highest BCUT2D eigenvalue weighted by Gasteiger charge is 2.09. The van der Waals surface area contributed by atoms with Gasteiger partial charge in [-0.1, -0.05) is 36.0 Å². The molecule has 19 heavy (non-hydrogen) atoms.